The first-order valence-corrected chi connectivity index (χ1v) is 9.83. The largest absolute Gasteiger partial charge is 0.477 e. The van der Waals surface area contributed by atoms with Crippen LogP contribution in [0.2, 0.25) is 0 Å². The number of amides is 1. The van der Waals surface area contributed by atoms with Crippen LogP contribution in [0.15, 0.2) is 12.1 Å². The molecule has 0 spiro atoms. The van der Waals surface area contributed by atoms with Crippen molar-refractivity contribution in [2.75, 3.05) is 13.1 Å². The van der Waals surface area contributed by atoms with Gasteiger partial charge in [-0.1, -0.05) is 0 Å². The minimum atomic E-state index is -3.14. The van der Waals surface area contributed by atoms with Crippen molar-refractivity contribution in [3.63, 3.8) is 0 Å². The van der Waals surface area contributed by atoms with Gasteiger partial charge in [-0.2, -0.15) is 0 Å². The van der Waals surface area contributed by atoms with Gasteiger partial charge in [0.1, 0.15) is 4.88 Å². The number of piperidine rings is 1. The van der Waals surface area contributed by atoms with Crippen molar-refractivity contribution in [3.8, 4) is 0 Å². The quantitative estimate of drug-likeness (QED) is 0.821. The molecule has 2 aliphatic rings. The smallest absolute Gasteiger partial charge is 0.345 e. The molecule has 126 valence electrons. The third-order valence-electron chi connectivity index (χ3n) is 4.14. The molecule has 2 heterocycles. The maximum Gasteiger partial charge on any atom is 0.345 e. The van der Waals surface area contributed by atoms with Gasteiger partial charge < -0.3 is 10.4 Å². The Hall–Kier alpha value is -1.45. The van der Waals surface area contributed by atoms with Crippen molar-refractivity contribution >= 4 is 33.2 Å². The van der Waals surface area contributed by atoms with E-state index in [1.54, 1.807) is 0 Å². The lowest BCUT2D eigenvalue weighted by atomic mass is 10.1. The SMILES string of the molecule is O=C(O)c1ccc(C(=O)NC2CCN(S(=O)(=O)C3CC3)CC2)s1. The molecule has 0 bridgehead atoms. The fourth-order valence-electron chi connectivity index (χ4n) is 2.66. The van der Waals surface area contributed by atoms with E-state index < -0.39 is 16.0 Å². The molecular formula is C14H18N2O5S2. The summed E-state index contributed by atoms with van der Waals surface area (Å²) in [5.74, 6) is -1.35. The maximum absolute atomic E-state index is 12.1. The van der Waals surface area contributed by atoms with Crippen LogP contribution in [0.5, 0.6) is 0 Å². The van der Waals surface area contributed by atoms with Crippen LogP contribution in [-0.2, 0) is 10.0 Å². The Balaban J connectivity index is 1.54. The van der Waals surface area contributed by atoms with Gasteiger partial charge in [-0.15, -0.1) is 11.3 Å². The Labute approximate surface area is 138 Å². The van der Waals surface area contributed by atoms with E-state index in [0.29, 0.717) is 30.8 Å². The molecule has 1 amide bonds. The molecule has 1 aliphatic heterocycles. The molecule has 2 N–H and O–H groups in total. The van der Waals surface area contributed by atoms with Crippen LogP contribution >= 0.6 is 11.3 Å². The second kappa shape index (κ2) is 6.21. The summed E-state index contributed by atoms with van der Waals surface area (Å²) in [5, 5.41) is 11.5. The lowest BCUT2D eigenvalue weighted by Crippen LogP contribution is -2.47. The van der Waals surface area contributed by atoms with Gasteiger partial charge in [-0.05, 0) is 37.8 Å². The number of sulfonamides is 1. The molecule has 1 aliphatic carbocycles. The van der Waals surface area contributed by atoms with E-state index in [-0.39, 0.29) is 22.1 Å². The summed E-state index contributed by atoms with van der Waals surface area (Å²) in [6.45, 7) is 0.850. The Morgan fingerprint density at radius 2 is 1.74 bits per heavy atom. The highest BCUT2D eigenvalue weighted by atomic mass is 32.2. The first-order chi connectivity index (χ1) is 10.9. The summed E-state index contributed by atoms with van der Waals surface area (Å²) in [6, 6.07) is 2.83. The summed E-state index contributed by atoms with van der Waals surface area (Å²) in [4.78, 5) is 23.4. The number of aromatic carboxylic acids is 1. The summed E-state index contributed by atoms with van der Waals surface area (Å²) < 4.78 is 25.8. The molecule has 9 heteroatoms. The summed E-state index contributed by atoms with van der Waals surface area (Å²) in [7, 11) is -3.14. The molecule has 1 aromatic rings. The highest BCUT2D eigenvalue weighted by Gasteiger charge is 2.41. The Bertz CT molecular complexity index is 715. The number of carboxylic acids is 1. The number of hydrogen-bond donors (Lipinski definition) is 2. The summed E-state index contributed by atoms with van der Waals surface area (Å²) in [6.07, 6.45) is 2.66. The zero-order chi connectivity index (χ0) is 16.6. The third kappa shape index (κ3) is 3.56. The number of carbonyl (C=O) groups is 2. The van der Waals surface area contributed by atoms with E-state index in [1.807, 2.05) is 0 Å². The molecule has 0 aromatic carbocycles. The molecule has 3 rings (SSSR count). The van der Waals surface area contributed by atoms with Crippen molar-refractivity contribution in [3.05, 3.63) is 21.9 Å². The molecule has 23 heavy (non-hydrogen) atoms. The van der Waals surface area contributed by atoms with E-state index >= 15 is 0 Å². The monoisotopic (exact) mass is 358 g/mol. The number of carboxylic acid groups (broad SMARTS) is 1. The number of nitrogens with zero attached hydrogens (tertiary/aromatic N) is 1. The van der Waals surface area contributed by atoms with Crippen LogP contribution in [0.3, 0.4) is 0 Å². The minimum absolute atomic E-state index is 0.0801. The van der Waals surface area contributed by atoms with Crippen LogP contribution in [0.25, 0.3) is 0 Å². The van der Waals surface area contributed by atoms with Crippen LogP contribution in [0, 0.1) is 0 Å². The molecule has 2 fully saturated rings. The first-order valence-electron chi connectivity index (χ1n) is 7.51. The molecule has 1 saturated heterocycles. The van der Waals surface area contributed by atoms with Crippen molar-refractivity contribution in [1.82, 2.24) is 9.62 Å². The second-order valence-electron chi connectivity index (χ2n) is 5.86. The summed E-state index contributed by atoms with van der Waals surface area (Å²) >= 11 is 0.937. The number of rotatable bonds is 5. The minimum Gasteiger partial charge on any atom is -0.477 e. The van der Waals surface area contributed by atoms with E-state index in [0.717, 1.165) is 24.2 Å². The predicted molar refractivity (Wildman–Crippen MR) is 85.3 cm³/mol. The third-order valence-corrected chi connectivity index (χ3v) is 7.61. The molecule has 0 unspecified atom stereocenters. The Morgan fingerprint density at radius 1 is 1.13 bits per heavy atom. The Kier molecular flexibility index (Phi) is 4.43. The highest BCUT2D eigenvalue weighted by molar-refractivity contribution is 7.90. The van der Waals surface area contributed by atoms with Crippen LogP contribution < -0.4 is 5.32 Å². The average Bonchev–Trinajstić information content (AvgIpc) is 3.25. The number of nitrogens with one attached hydrogen (secondary N) is 1. The zero-order valence-corrected chi connectivity index (χ0v) is 14.0. The molecular weight excluding hydrogens is 340 g/mol. The van der Waals surface area contributed by atoms with Crippen molar-refractivity contribution in [2.45, 2.75) is 37.0 Å². The maximum atomic E-state index is 12.1. The first kappa shape index (κ1) is 16.4. The molecule has 1 saturated carbocycles. The van der Waals surface area contributed by atoms with Gasteiger partial charge in [0.05, 0.1) is 10.1 Å². The number of thiophene rings is 1. The van der Waals surface area contributed by atoms with Crippen LogP contribution in [0.4, 0.5) is 0 Å². The molecule has 7 nitrogen and oxygen atoms in total. The van der Waals surface area contributed by atoms with Gasteiger partial charge >= 0.3 is 5.97 Å². The van der Waals surface area contributed by atoms with E-state index in [9.17, 15) is 18.0 Å². The molecule has 0 radical (unpaired) electrons. The van der Waals surface area contributed by atoms with Gasteiger partial charge in [0, 0.05) is 19.1 Å². The number of hydrogen-bond acceptors (Lipinski definition) is 5. The summed E-state index contributed by atoms with van der Waals surface area (Å²) in [5.41, 5.74) is 0. The van der Waals surface area contributed by atoms with Crippen molar-refractivity contribution in [1.29, 1.82) is 0 Å². The molecule has 1 aromatic heterocycles. The fraction of sp³-hybridized carbons (Fsp3) is 0.571. The normalized spacial score (nSPS) is 20.3. The van der Waals surface area contributed by atoms with Gasteiger partial charge in [0.2, 0.25) is 10.0 Å². The Morgan fingerprint density at radius 3 is 2.26 bits per heavy atom. The van der Waals surface area contributed by atoms with Crippen LogP contribution in [-0.4, -0.2) is 54.1 Å². The van der Waals surface area contributed by atoms with E-state index in [1.165, 1.54) is 16.4 Å². The topological polar surface area (TPSA) is 104 Å². The second-order valence-corrected chi connectivity index (χ2v) is 9.16. The van der Waals surface area contributed by atoms with E-state index in [2.05, 4.69) is 5.32 Å². The van der Waals surface area contributed by atoms with Crippen LogP contribution in [0.1, 0.15) is 45.0 Å². The van der Waals surface area contributed by atoms with Gasteiger partial charge in [-0.3, -0.25) is 4.79 Å². The number of carbonyl (C=O) groups excluding carboxylic acids is 1. The lowest BCUT2D eigenvalue weighted by Gasteiger charge is -2.31. The zero-order valence-electron chi connectivity index (χ0n) is 12.4. The average molecular weight is 358 g/mol. The van der Waals surface area contributed by atoms with E-state index in [4.69, 9.17) is 5.11 Å². The standard InChI is InChI=1S/C14H18N2O5S2/c17-13(11-3-4-12(22-11)14(18)19)15-9-5-7-16(8-6-9)23(20,21)10-1-2-10/h3-4,9-10H,1-2,5-8H2,(H,15,17)(H,18,19). The predicted octanol–water partition coefficient (Wildman–Crippen LogP) is 1.13. The van der Waals surface area contributed by atoms with Crippen molar-refractivity contribution < 1.29 is 23.1 Å². The van der Waals surface area contributed by atoms with Crippen molar-refractivity contribution in [2.24, 2.45) is 0 Å². The lowest BCUT2D eigenvalue weighted by molar-refractivity contribution is 0.0702. The van der Waals surface area contributed by atoms with Gasteiger partial charge in [0.15, 0.2) is 0 Å². The van der Waals surface area contributed by atoms with Gasteiger partial charge in [-0.25, -0.2) is 17.5 Å². The van der Waals surface area contributed by atoms with Gasteiger partial charge in [0.25, 0.3) is 5.91 Å². The molecule has 0 atom stereocenters. The highest BCUT2D eigenvalue weighted by Crippen LogP contribution is 2.32. The fourth-order valence-corrected chi connectivity index (χ4v) is 5.28.